The molecule has 3 amide bonds. The fourth-order valence-corrected chi connectivity index (χ4v) is 4.05. The summed E-state index contributed by atoms with van der Waals surface area (Å²) >= 11 is 7.07. The molecule has 0 atom stereocenters. The van der Waals surface area contributed by atoms with Gasteiger partial charge in [-0.1, -0.05) is 23.7 Å². The topological polar surface area (TPSA) is 108 Å². The number of hydrogen-bond acceptors (Lipinski definition) is 7. The maximum atomic E-state index is 12.7. The summed E-state index contributed by atoms with van der Waals surface area (Å²) in [6.07, 6.45) is 1.54. The van der Waals surface area contributed by atoms with Gasteiger partial charge in [0.15, 0.2) is 18.1 Å². The molecule has 0 unspecified atom stereocenters. The fraction of sp³-hybridized carbons (Fsp3) is 0.227. The number of nitrogens with two attached hydrogens (primary N) is 1. The molecule has 2 N–H and O–H groups in total. The molecule has 0 spiro atoms. The van der Waals surface area contributed by atoms with Gasteiger partial charge < -0.3 is 19.9 Å². The summed E-state index contributed by atoms with van der Waals surface area (Å²) in [5.41, 5.74) is 6.67. The number of nitrogens with zero attached hydrogens (tertiary/aromatic N) is 1. The second-order valence-electron chi connectivity index (χ2n) is 6.79. The third kappa shape index (κ3) is 5.74. The Balaban J connectivity index is 1.70. The Morgan fingerprint density at radius 1 is 1.22 bits per heavy atom. The minimum absolute atomic E-state index is 0.125. The van der Waals surface area contributed by atoms with Gasteiger partial charge in [-0.15, -0.1) is 0 Å². The number of primary amides is 1. The van der Waals surface area contributed by atoms with Crippen LogP contribution in [0.5, 0.6) is 17.2 Å². The molecule has 1 aliphatic heterocycles. The third-order valence-corrected chi connectivity index (χ3v) is 5.54. The largest absolute Gasteiger partial charge is 0.493 e. The average Bonchev–Trinajstić information content (AvgIpc) is 2.99. The molecule has 2 aromatic carbocycles. The Labute approximate surface area is 194 Å². The molecule has 1 aliphatic rings. The van der Waals surface area contributed by atoms with Crippen molar-refractivity contribution in [3.05, 3.63) is 57.5 Å². The number of rotatable bonds is 9. The van der Waals surface area contributed by atoms with Crippen molar-refractivity contribution < 1.29 is 28.6 Å². The van der Waals surface area contributed by atoms with Gasteiger partial charge >= 0.3 is 0 Å². The fourth-order valence-electron chi connectivity index (χ4n) is 2.91. The number of methoxy groups -OCH3 is 1. The summed E-state index contributed by atoms with van der Waals surface area (Å²) in [5, 5.41) is -0.212. The van der Waals surface area contributed by atoms with E-state index in [1.54, 1.807) is 12.1 Å². The molecule has 3 rings (SSSR count). The van der Waals surface area contributed by atoms with Crippen molar-refractivity contribution in [3.63, 3.8) is 0 Å². The van der Waals surface area contributed by atoms with Crippen LogP contribution in [0.1, 0.15) is 11.1 Å². The maximum Gasteiger partial charge on any atom is 0.293 e. The van der Waals surface area contributed by atoms with E-state index < -0.39 is 11.8 Å². The molecule has 168 valence electrons. The Morgan fingerprint density at radius 3 is 2.69 bits per heavy atom. The second kappa shape index (κ2) is 10.4. The summed E-state index contributed by atoms with van der Waals surface area (Å²) in [4.78, 5) is 37.4. The molecule has 0 bridgehead atoms. The van der Waals surface area contributed by atoms with E-state index in [4.69, 9.17) is 31.5 Å². The Bertz CT molecular complexity index is 1090. The molecule has 32 heavy (non-hydrogen) atoms. The van der Waals surface area contributed by atoms with Crippen LogP contribution < -0.4 is 19.9 Å². The van der Waals surface area contributed by atoms with Crippen LogP contribution in [0.2, 0.25) is 5.02 Å². The van der Waals surface area contributed by atoms with Crippen molar-refractivity contribution in [1.29, 1.82) is 0 Å². The summed E-state index contributed by atoms with van der Waals surface area (Å²) in [6.45, 7) is 1.89. The number of amides is 3. The van der Waals surface area contributed by atoms with E-state index >= 15 is 0 Å². The number of ether oxygens (including phenoxy) is 3. The van der Waals surface area contributed by atoms with Gasteiger partial charge in [-0.25, -0.2) is 0 Å². The van der Waals surface area contributed by atoms with Gasteiger partial charge in [0.25, 0.3) is 17.1 Å². The van der Waals surface area contributed by atoms with Gasteiger partial charge in [-0.3, -0.25) is 19.3 Å². The first kappa shape index (κ1) is 23.5. The number of halogens is 1. The quantitative estimate of drug-likeness (QED) is 0.550. The average molecular weight is 477 g/mol. The van der Waals surface area contributed by atoms with Crippen LogP contribution in [0.15, 0.2) is 41.3 Å². The number of hydrogen-bond donors (Lipinski definition) is 1. The maximum absolute atomic E-state index is 12.7. The summed E-state index contributed by atoms with van der Waals surface area (Å²) in [6, 6.07) is 10.6. The molecule has 0 radical (unpaired) electrons. The lowest BCUT2D eigenvalue weighted by atomic mass is 10.1. The van der Waals surface area contributed by atoms with Crippen molar-refractivity contribution >= 4 is 46.5 Å². The lowest BCUT2D eigenvalue weighted by Crippen LogP contribution is -2.32. The Hall–Kier alpha value is -3.17. The third-order valence-electron chi connectivity index (χ3n) is 4.36. The van der Waals surface area contributed by atoms with E-state index in [2.05, 4.69) is 0 Å². The first-order valence-electron chi connectivity index (χ1n) is 9.52. The molecule has 10 heteroatoms. The highest BCUT2D eigenvalue weighted by molar-refractivity contribution is 8.18. The number of thioether (sulfide) groups is 1. The van der Waals surface area contributed by atoms with Crippen LogP contribution in [-0.2, 0) is 9.59 Å². The van der Waals surface area contributed by atoms with E-state index in [0.717, 1.165) is 22.2 Å². The van der Waals surface area contributed by atoms with E-state index in [-0.39, 0.29) is 46.4 Å². The van der Waals surface area contributed by atoms with E-state index in [0.29, 0.717) is 11.3 Å². The number of imide groups is 1. The zero-order chi connectivity index (χ0) is 23.3. The van der Waals surface area contributed by atoms with Crippen LogP contribution in [-0.4, -0.2) is 48.8 Å². The van der Waals surface area contributed by atoms with Crippen molar-refractivity contribution in [1.82, 2.24) is 4.90 Å². The number of carbonyl (C=O) groups is 3. The summed E-state index contributed by atoms with van der Waals surface area (Å²) in [5.74, 6) is 0.0134. The predicted octanol–water partition coefficient (Wildman–Crippen LogP) is 3.64. The molecule has 0 aromatic heterocycles. The molecule has 0 saturated carbocycles. The van der Waals surface area contributed by atoms with Gasteiger partial charge in [0, 0.05) is 0 Å². The zero-order valence-corrected chi connectivity index (χ0v) is 19.0. The number of benzene rings is 2. The van der Waals surface area contributed by atoms with E-state index in [1.165, 1.54) is 13.2 Å². The molecule has 1 heterocycles. The minimum Gasteiger partial charge on any atom is -0.493 e. The normalized spacial score (nSPS) is 14.7. The van der Waals surface area contributed by atoms with Gasteiger partial charge in [0.05, 0.1) is 23.6 Å². The highest BCUT2D eigenvalue weighted by Crippen LogP contribution is 2.38. The monoisotopic (exact) mass is 476 g/mol. The SMILES string of the molecule is COc1cc(/C=C2\SC(=O)N(CCOc3cccc(C)c3)C2=O)cc(Cl)c1OCC(N)=O. The molecule has 8 nitrogen and oxygen atoms in total. The van der Waals surface area contributed by atoms with Crippen LogP contribution in [0.25, 0.3) is 6.08 Å². The smallest absolute Gasteiger partial charge is 0.293 e. The second-order valence-corrected chi connectivity index (χ2v) is 8.19. The number of aryl methyl sites for hydroxylation is 1. The predicted molar refractivity (Wildman–Crippen MR) is 122 cm³/mol. The first-order valence-corrected chi connectivity index (χ1v) is 10.7. The van der Waals surface area contributed by atoms with Crippen LogP contribution in [0, 0.1) is 6.92 Å². The zero-order valence-electron chi connectivity index (χ0n) is 17.4. The van der Waals surface area contributed by atoms with Crippen molar-refractivity contribution in [3.8, 4) is 17.2 Å². The first-order chi connectivity index (χ1) is 15.3. The van der Waals surface area contributed by atoms with Gasteiger partial charge in [-0.2, -0.15) is 0 Å². The molecule has 1 saturated heterocycles. The standard InChI is InChI=1S/C22H21ClN2O6S/c1-13-4-3-5-15(8-13)30-7-6-25-21(27)18(32-22(25)28)11-14-9-16(23)20(17(10-14)29-2)31-12-19(24)26/h3-5,8-11H,6-7,12H2,1-2H3,(H2,24,26)/b18-11-. The van der Waals surface area contributed by atoms with Crippen LogP contribution >= 0.6 is 23.4 Å². The van der Waals surface area contributed by atoms with Crippen LogP contribution in [0.3, 0.4) is 0 Å². The Morgan fingerprint density at radius 2 is 2.00 bits per heavy atom. The van der Waals surface area contributed by atoms with Gasteiger partial charge in [0.1, 0.15) is 12.4 Å². The van der Waals surface area contributed by atoms with Crippen molar-refractivity contribution in [2.24, 2.45) is 5.73 Å². The van der Waals surface area contributed by atoms with E-state index in [9.17, 15) is 14.4 Å². The van der Waals surface area contributed by atoms with Gasteiger partial charge in [0.2, 0.25) is 0 Å². The van der Waals surface area contributed by atoms with Crippen LogP contribution in [0.4, 0.5) is 4.79 Å². The highest BCUT2D eigenvalue weighted by atomic mass is 35.5. The highest BCUT2D eigenvalue weighted by Gasteiger charge is 2.35. The lowest BCUT2D eigenvalue weighted by molar-refractivity contribution is -0.123. The summed E-state index contributed by atoms with van der Waals surface area (Å²) < 4.78 is 16.2. The number of carbonyl (C=O) groups excluding carboxylic acids is 3. The molecular formula is C22H21ClN2O6S. The van der Waals surface area contributed by atoms with Crippen molar-refractivity contribution in [2.75, 3.05) is 26.9 Å². The summed E-state index contributed by atoms with van der Waals surface area (Å²) in [7, 11) is 1.41. The minimum atomic E-state index is -0.660. The Kier molecular flexibility index (Phi) is 7.66. The van der Waals surface area contributed by atoms with E-state index in [1.807, 2.05) is 31.2 Å². The molecular weight excluding hydrogens is 456 g/mol. The molecule has 0 aliphatic carbocycles. The van der Waals surface area contributed by atoms with Crippen molar-refractivity contribution in [2.45, 2.75) is 6.92 Å². The lowest BCUT2D eigenvalue weighted by Gasteiger charge is -2.13. The molecule has 2 aromatic rings. The van der Waals surface area contributed by atoms with Gasteiger partial charge in [-0.05, 0) is 60.2 Å². The molecule has 1 fully saturated rings.